The van der Waals surface area contributed by atoms with Crippen LogP contribution in [0.1, 0.15) is 79.9 Å². The third-order valence-electron chi connectivity index (χ3n) is 7.95. The lowest BCUT2D eigenvalue weighted by Crippen LogP contribution is -2.60. The zero-order valence-electron chi connectivity index (χ0n) is 18.1. The number of carbonyl (C=O) groups is 1. The number of hydrogen-bond acceptors (Lipinski definition) is 1. The number of amides is 1. The van der Waals surface area contributed by atoms with Gasteiger partial charge in [0, 0.05) is 23.0 Å². The van der Waals surface area contributed by atoms with Crippen LogP contribution in [0.4, 0.5) is 0 Å². The SMILES string of the molecule is C=CCn1c(C(=O)NC23CC4CC(CC(C4)C2)C3)c(C)c2cc(C(C)C)ccc21. The second-order valence-electron chi connectivity index (χ2n) is 10.5. The highest BCUT2D eigenvalue weighted by atomic mass is 16.2. The molecule has 0 radical (unpaired) electrons. The van der Waals surface area contributed by atoms with Gasteiger partial charge in [-0.2, -0.15) is 0 Å². The smallest absolute Gasteiger partial charge is 0.268 e. The summed E-state index contributed by atoms with van der Waals surface area (Å²) in [5, 5.41) is 4.79. The molecule has 154 valence electrons. The van der Waals surface area contributed by atoms with E-state index in [1.165, 1.54) is 49.5 Å². The monoisotopic (exact) mass is 390 g/mol. The number of benzene rings is 1. The van der Waals surface area contributed by atoms with Crippen LogP contribution in [0.25, 0.3) is 10.9 Å². The number of aryl methyl sites for hydroxylation is 1. The van der Waals surface area contributed by atoms with Gasteiger partial charge in [0.05, 0.1) is 0 Å². The molecule has 0 saturated heterocycles. The highest BCUT2D eigenvalue weighted by Gasteiger charge is 2.51. The fourth-order valence-electron chi connectivity index (χ4n) is 7.07. The van der Waals surface area contributed by atoms with E-state index >= 15 is 0 Å². The minimum absolute atomic E-state index is 0.0385. The second-order valence-corrected chi connectivity index (χ2v) is 10.5. The summed E-state index contributed by atoms with van der Waals surface area (Å²) < 4.78 is 2.16. The minimum atomic E-state index is 0.0385. The van der Waals surface area contributed by atoms with Gasteiger partial charge in [-0.3, -0.25) is 4.79 Å². The van der Waals surface area contributed by atoms with E-state index in [-0.39, 0.29) is 11.4 Å². The first-order valence-corrected chi connectivity index (χ1v) is 11.5. The van der Waals surface area contributed by atoms with Crippen molar-refractivity contribution < 1.29 is 4.79 Å². The van der Waals surface area contributed by atoms with Crippen molar-refractivity contribution in [3.63, 3.8) is 0 Å². The number of allylic oxidation sites excluding steroid dienone is 1. The molecule has 1 amide bonds. The van der Waals surface area contributed by atoms with E-state index in [2.05, 4.69) is 55.4 Å². The predicted molar refractivity (Wildman–Crippen MR) is 119 cm³/mol. The van der Waals surface area contributed by atoms with Gasteiger partial charge in [-0.1, -0.05) is 26.0 Å². The van der Waals surface area contributed by atoms with E-state index in [9.17, 15) is 4.79 Å². The van der Waals surface area contributed by atoms with Crippen LogP contribution in [0, 0.1) is 24.7 Å². The van der Waals surface area contributed by atoms with Crippen molar-refractivity contribution in [1.29, 1.82) is 0 Å². The Hall–Kier alpha value is -2.03. The van der Waals surface area contributed by atoms with E-state index in [0.717, 1.165) is 34.5 Å². The second kappa shape index (κ2) is 6.75. The Morgan fingerprint density at radius 3 is 2.38 bits per heavy atom. The van der Waals surface area contributed by atoms with E-state index in [1.807, 2.05) is 6.08 Å². The molecule has 6 rings (SSSR count). The Morgan fingerprint density at radius 1 is 1.21 bits per heavy atom. The molecule has 1 aromatic carbocycles. The average molecular weight is 391 g/mol. The quantitative estimate of drug-likeness (QED) is 0.628. The summed E-state index contributed by atoms with van der Waals surface area (Å²) in [4.78, 5) is 13.7. The molecule has 2 aromatic rings. The van der Waals surface area contributed by atoms with Gasteiger partial charge in [-0.25, -0.2) is 0 Å². The van der Waals surface area contributed by atoms with Crippen LogP contribution in [0.3, 0.4) is 0 Å². The van der Waals surface area contributed by atoms with Crippen LogP contribution < -0.4 is 5.32 Å². The molecule has 3 nitrogen and oxygen atoms in total. The van der Waals surface area contributed by atoms with Crippen LogP contribution in [0.15, 0.2) is 30.9 Å². The fraction of sp³-hybridized carbons (Fsp3) is 0.577. The summed E-state index contributed by atoms with van der Waals surface area (Å²) in [6.07, 6.45) is 9.63. The maximum Gasteiger partial charge on any atom is 0.268 e. The Balaban J connectivity index is 1.53. The number of rotatable bonds is 5. The van der Waals surface area contributed by atoms with Gasteiger partial charge >= 0.3 is 0 Å². The molecular weight excluding hydrogens is 356 g/mol. The van der Waals surface area contributed by atoms with Gasteiger partial charge in [0.1, 0.15) is 5.69 Å². The lowest BCUT2D eigenvalue weighted by atomic mass is 9.53. The molecular formula is C26H34N2O. The highest BCUT2D eigenvalue weighted by Crippen LogP contribution is 2.55. The van der Waals surface area contributed by atoms with E-state index in [4.69, 9.17) is 0 Å². The van der Waals surface area contributed by atoms with Crippen molar-refractivity contribution >= 4 is 16.8 Å². The van der Waals surface area contributed by atoms with Crippen molar-refractivity contribution in [3.05, 3.63) is 47.7 Å². The molecule has 0 spiro atoms. The lowest BCUT2D eigenvalue weighted by molar-refractivity contribution is -0.0168. The van der Waals surface area contributed by atoms with Crippen LogP contribution >= 0.6 is 0 Å². The van der Waals surface area contributed by atoms with Crippen molar-refractivity contribution in [2.45, 2.75) is 77.3 Å². The van der Waals surface area contributed by atoms with Crippen molar-refractivity contribution in [1.82, 2.24) is 9.88 Å². The maximum atomic E-state index is 13.7. The zero-order valence-corrected chi connectivity index (χ0v) is 18.1. The number of nitrogens with one attached hydrogen (secondary N) is 1. The summed E-state index contributed by atoms with van der Waals surface area (Å²) >= 11 is 0. The first kappa shape index (κ1) is 19.0. The molecule has 4 fully saturated rings. The van der Waals surface area contributed by atoms with Crippen LogP contribution in [-0.4, -0.2) is 16.0 Å². The molecule has 1 N–H and O–H groups in total. The summed E-state index contributed by atoms with van der Waals surface area (Å²) in [5.41, 5.74) is 4.44. The number of carbonyl (C=O) groups excluding carboxylic acids is 1. The Morgan fingerprint density at radius 2 is 1.83 bits per heavy atom. The molecule has 4 bridgehead atoms. The molecule has 0 aliphatic heterocycles. The van der Waals surface area contributed by atoms with Crippen LogP contribution in [0.2, 0.25) is 0 Å². The predicted octanol–water partition coefficient (Wildman–Crippen LogP) is 5.96. The highest BCUT2D eigenvalue weighted by molar-refractivity contribution is 6.02. The standard InChI is InChI=1S/C26H34N2O/c1-5-8-28-23-7-6-21(16(2)3)12-22(23)17(4)24(28)25(29)27-26-13-18-9-19(14-26)11-20(10-18)15-26/h5-7,12,16,18-20H,1,8-11,13-15H2,2-4H3,(H,27,29). The molecule has 1 aromatic heterocycles. The average Bonchev–Trinajstić information content (AvgIpc) is 2.92. The van der Waals surface area contributed by atoms with Crippen LogP contribution in [-0.2, 0) is 6.54 Å². The third-order valence-corrected chi connectivity index (χ3v) is 7.95. The van der Waals surface area contributed by atoms with E-state index < -0.39 is 0 Å². The minimum Gasteiger partial charge on any atom is -0.345 e. The molecule has 0 atom stereocenters. The van der Waals surface area contributed by atoms with E-state index in [0.29, 0.717) is 12.5 Å². The van der Waals surface area contributed by atoms with Gasteiger partial charge in [0.25, 0.3) is 5.91 Å². The first-order valence-electron chi connectivity index (χ1n) is 11.5. The third kappa shape index (κ3) is 3.05. The van der Waals surface area contributed by atoms with Gasteiger partial charge < -0.3 is 9.88 Å². The maximum absolute atomic E-state index is 13.7. The Bertz CT molecular complexity index is 945. The van der Waals surface area contributed by atoms with Gasteiger partial charge in [0.2, 0.25) is 0 Å². The summed E-state index contributed by atoms with van der Waals surface area (Å²) in [6.45, 7) is 11.2. The van der Waals surface area contributed by atoms with Crippen molar-refractivity contribution in [2.24, 2.45) is 17.8 Å². The topological polar surface area (TPSA) is 34.0 Å². The molecule has 0 unspecified atom stereocenters. The van der Waals surface area contributed by atoms with Gasteiger partial charge in [-0.15, -0.1) is 6.58 Å². The summed E-state index contributed by atoms with van der Waals surface area (Å²) in [5.74, 6) is 3.08. The molecule has 3 heteroatoms. The Labute approximate surface area is 174 Å². The van der Waals surface area contributed by atoms with Crippen molar-refractivity contribution in [3.8, 4) is 0 Å². The number of nitrogens with zero attached hydrogens (tertiary/aromatic N) is 1. The summed E-state index contributed by atoms with van der Waals surface area (Å²) in [7, 11) is 0. The van der Waals surface area contributed by atoms with Crippen molar-refractivity contribution in [2.75, 3.05) is 0 Å². The molecule has 29 heavy (non-hydrogen) atoms. The van der Waals surface area contributed by atoms with Gasteiger partial charge in [-0.05, 0) is 92.4 Å². The molecule has 4 saturated carbocycles. The van der Waals surface area contributed by atoms with Gasteiger partial charge in [0.15, 0.2) is 0 Å². The molecule has 1 heterocycles. The number of fused-ring (bicyclic) bond motifs is 1. The molecule has 4 aliphatic rings. The first-order chi connectivity index (χ1) is 13.9. The number of aromatic nitrogens is 1. The normalized spacial score (nSPS) is 30.3. The zero-order chi connectivity index (χ0) is 20.3. The van der Waals surface area contributed by atoms with Crippen LogP contribution in [0.5, 0.6) is 0 Å². The largest absolute Gasteiger partial charge is 0.345 e. The summed E-state index contributed by atoms with van der Waals surface area (Å²) in [6, 6.07) is 6.66. The number of hydrogen-bond donors (Lipinski definition) is 1. The lowest BCUT2D eigenvalue weighted by Gasteiger charge is -2.56. The van der Waals surface area contributed by atoms with E-state index in [1.54, 1.807) is 0 Å². The fourth-order valence-corrected chi connectivity index (χ4v) is 7.07. The Kier molecular flexibility index (Phi) is 4.42. The molecule has 4 aliphatic carbocycles.